The van der Waals surface area contributed by atoms with Gasteiger partial charge in [-0.2, -0.15) is 17.0 Å². The van der Waals surface area contributed by atoms with Crippen LogP contribution in [0, 0.1) is 11.3 Å². The zero-order valence-electron chi connectivity index (χ0n) is 6.21. The number of nitriles is 1. The van der Waals surface area contributed by atoms with Gasteiger partial charge in [-0.15, -0.1) is 0 Å². The lowest BCUT2D eigenvalue weighted by molar-refractivity contribution is 0.289. The van der Waals surface area contributed by atoms with Crippen LogP contribution in [0.5, 0.6) is 0 Å². The Labute approximate surface area is 66.2 Å². The maximum absolute atomic E-state index is 8.51. The van der Waals surface area contributed by atoms with Crippen LogP contribution in [0.2, 0.25) is 0 Å². The van der Waals surface area contributed by atoms with Gasteiger partial charge in [0, 0.05) is 24.0 Å². The van der Waals surface area contributed by atoms with Gasteiger partial charge < -0.3 is 5.11 Å². The van der Waals surface area contributed by atoms with E-state index in [9.17, 15) is 0 Å². The first-order chi connectivity index (χ1) is 4.81. The van der Waals surface area contributed by atoms with E-state index in [0.717, 1.165) is 12.2 Å². The van der Waals surface area contributed by atoms with Crippen molar-refractivity contribution in [2.75, 3.05) is 12.4 Å². The van der Waals surface area contributed by atoms with Gasteiger partial charge in [0.15, 0.2) is 0 Å². The maximum Gasteiger partial charge on any atom is 0.0630 e. The van der Waals surface area contributed by atoms with Crippen molar-refractivity contribution in [1.82, 2.24) is 0 Å². The first-order valence-corrected chi connectivity index (χ1v) is 4.45. The van der Waals surface area contributed by atoms with Crippen molar-refractivity contribution in [3.05, 3.63) is 0 Å². The van der Waals surface area contributed by atoms with Gasteiger partial charge in [-0.1, -0.05) is 6.92 Å². The molecule has 0 heterocycles. The van der Waals surface area contributed by atoms with Crippen molar-refractivity contribution in [2.45, 2.75) is 25.0 Å². The van der Waals surface area contributed by atoms with E-state index in [4.69, 9.17) is 10.4 Å². The van der Waals surface area contributed by atoms with Crippen molar-refractivity contribution in [1.29, 1.82) is 5.26 Å². The summed E-state index contributed by atoms with van der Waals surface area (Å²) in [6.07, 6.45) is 1.44. The third-order valence-electron chi connectivity index (χ3n) is 1.15. The molecule has 0 aliphatic rings. The standard InChI is InChI=1S/C7H13NOS/c1-7(3-5-9)10-6-2-4-8/h7,9H,2-3,5-6H2,1H3. The van der Waals surface area contributed by atoms with Crippen LogP contribution >= 0.6 is 11.8 Å². The molecule has 0 spiro atoms. The predicted octanol–water partition coefficient (Wildman–Crippen LogP) is 1.40. The van der Waals surface area contributed by atoms with Crippen LogP contribution in [0.3, 0.4) is 0 Å². The largest absolute Gasteiger partial charge is 0.396 e. The average molecular weight is 159 g/mol. The quantitative estimate of drug-likeness (QED) is 0.617. The normalized spacial score (nSPS) is 12.5. The first-order valence-electron chi connectivity index (χ1n) is 3.40. The summed E-state index contributed by atoms with van der Waals surface area (Å²) in [5, 5.41) is 17.2. The van der Waals surface area contributed by atoms with E-state index in [-0.39, 0.29) is 6.61 Å². The van der Waals surface area contributed by atoms with Gasteiger partial charge >= 0.3 is 0 Å². The Morgan fingerprint density at radius 3 is 2.90 bits per heavy atom. The van der Waals surface area contributed by atoms with Gasteiger partial charge in [0.25, 0.3) is 0 Å². The Hall–Kier alpha value is -0.200. The van der Waals surface area contributed by atoms with E-state index in [1.807, 2.05) is 0 Å². The molecule has 58 valence electrons. The number of thioether (sulfide) groups is 1. The minimum Gasteiger partial charge on any atom is -0.396 e. The van der Waals surface area contributed by atoms with E-state index in [2.05, 4.69) is 13.0 Å². The molecular weight excluding hydrogens is 146 g/mol. The molecule has 2 nitrogen and oxygen atoms in total. The molecule has 0 fully saturated rings. The van der Waals surface area contributed by atoms with Gasteiger partial charge in [0.1, 0.15) is 0 Å². The maximum atomic E-state index is 8.51. The Morgan fingerprint density at radius 2 is 2.40 bits per heavy atom. The molecule has 0 saturated carbocycles. The molecule has 0 aromatic carbocycles. The molecule has 0 aliphatic heterocycles. The summed E-state index contributed by atoms with van der Waals surface area (Å²) in [7, 11) is 0. The Morgan fingerprint density at radius 1 is 1.70 bits per heavy atom. The van der Waals surface area contributed by atoms with Crippen molar-refractivity contribution >= 4 is 11.8 Å². The van der Waals surface area contributed by atoms with E-state index < -0.39 is 0 Å². The molecule has 0 aromatic rings. The molecule has 0 amide bonds. The average Bonchev–Trinajstić information content (AvgIpc) is 1.89. The van der Waals surface area contributed by atoms with Crippen LogP contribution in [-0.2, 0) is 0 Å². The fourth-order valence-electron chi connectivity index (χ4n) is 0.571. The minimum absolute atomic E-state index is 0.251. The van der Waals surface area contributed by atoms with Crippen LogP contribution in [-0.4, -0.2) is 22.7 Å². The molecule has 0 aliphatic carbocycles. The summed E-state index contributed by atoms with van der Waals surface area (Å²) in [5.74, 6) is 0.887. The topological polar surface area (TPSA) is 44.0 Å². The number of hydrogen-bond donors (Lipinski definition) is 1. The highest BCUT2D eigenvalue weighted by Crippen LogP contribution is 2.13. The lowest BCUT2D eigenvalue weighted by atomic mass is 10.3. The first kappa shape index (κ1) is 9.80. The molecular formula is C7H13NOS. The molecule has 0 saturated heterocycles. The summed E-state index contributed by atoms with van der Waals surface area (Å²) in [5.41, 5.74) is 0. The molecule has 0 bridgehead atoms. The molecule has 1 N–H and O–H groups in total. The second-order valence-electron chi connectivity index (χ2n) is 2.10. The summed E-state index contributed by atoms with van der Waals surface area (Å²) < 4.78 is 0. The third kappa shape index (κ3) is 5.93. The zero-order chi connectivity index (χ0) is 7.82. The molecule has 1 unspecified atom stereocenters. The number of aliphatic hydroxyl groups excluding tert-OH is 1. The number of hydrogen-bond acceptors (Lipinski definition) is 3. The van der Waals surface area contributed by atoms with Crippen LogP contribution in [0.1, 0.15) is 19.8 Å². The van der Waals surface area contributed by atoms with Crippen LogP contribution < -0.4 is 0 Å². The molecule has 0 radical (unpaired) electrons. The van der Waals surface area contributed by atoms with Crippen LogP contribution in [0.15, 0.2) is 0 Å². The van der Waals surface area contributed by atoms with Gasteiger partial charge in [-0.25, -0.2) is 0 Å². The Bertz CT molecular complexity index is 111. The molecule has 10 heavy (non-hydrogen) atoms. The molecule has 3 heteroatoms. The monoisotopic (exact) mass is 159 g/mol. The summed E-state index contributed by atoms with van der Waals surface area (Å²) in [4.78, 5) is 0. The highest BCUT2D eigenvalue weighted by atomic mass is 32.2. The fourth-order valence-corrected chi connectivity index (χ4v) is 1.45. The van der Waals surface area contributed by atoms with E-state index in [1.54, 1.807) is 11.8 Å². The third-order valence-corrected chi connectivity index (χ3v) is 2.40. The molecule has 0 aromatic heterocycles. The lowest BCUT2D eigenvalue weighted by Gasteiger charge is -2.06. The predicted molar refractivity (Wildman–Crippen MR) is 43.9 cm³/mol. The molecule has 1 atom stereocenters. The number of rotatable bonds is 5. The number of nitrogens with zero attached hydrogens (tertiary/aromatic N) is 1. The Balaban J connectivity index is 3.06. The molecule has 0 rings (SSSR count). The van der Waals surface area contributed by atoms with Gasteiger partial charge in [0.2, 0.25) is 0 Å². The minimum atomic E-state index is 0.251. The summed E-state index contributed by atoms with van der Waals surface area (Å²) >= 11 is 1.74. The van der Waals surface area contributed by atoms with Gasteiger partial charge in [0.05, 0.1) is 6.07 Å². The number of aliphatic hydroxyl groups is 1. The van der Waals surface area contributed by atoms with Crippen LogP contribution in [0.4, 0.5) is 0 Å². The van der Waals surface area contributed by atoms with Gasteiger partial charge in [-0.05, 0) is 6.42 Å². The van der Waals surface area contributed by atoms with Crippen molar-refractivity contribution < 1.29 is 5.11 Å². The van der Waals surface area contributed by atoms with E-state index in [0.29, 0.717) is 11.7 Å². The summed E-state index contributed by atoms with van der Waals surface area (Å²) in [6, 6.07) is 2.08. The van der Waals surface area contributed by atoms with Crippen molar-refractivity contribution in [2.24, 2.45) is 0 Å². The highest BCUT2D eigenvalue weighted by Gasteiger charge is 1.99. The second kappa shape index (κ2) is 6.91. The van der Waals surface area contributed by atoms with E-state index in [1.165, 1.54) is 0 Å². The van der Waals surface area contributed by atoms with Crippen molar-refractivity contribution in [3.63, 3.8) is 0 Å². The van der Waals surface area contributed by atoms with E-state index >= 15 is 0 Å². The SMILES string of the molecule is CC(CCO)SCCC#N. The second-order valence-corrected chi connectivity index (χ2v) is 3.65. The van der Waals surface area contributed by atoms with Gasteiger partial charge in [-0.3, -0.25) is 0 Å². The highest BCUT2D eigenvalue weighted by molar-refractivity contribution is 7.99. The summed E-state index contributed by atoms with van der Waals surface area (Å²) in [6.45, 7) is 2.32. The fraction of sp³-hybridized carbons (Fsp3) is 0.857. The smallest absolute Gasteiger partial charge is 0.0630 e. The Kier molecular flexibility index (Phi) is 6.78. The van der Waals surface area contributed by atoms with Crippen LogP contribution in [0.25, 0.3) is 0 Å². The zero-order valence-corrected chi connectivity index (χ0v) is 7.02. The lowest BCUT2D eigenvalue weighted by Crippen LogP contribution is -1.99. The van der Waals surface area contributed by atoms with Crippen molar-refractivity contribution in [3.8, 4) is 6.07 Å².